The number of pyridine rings is 1. The SMILES string of the molecule is O=C(OC1Oc2ccccc2C(=O)C1c1ccccc1)c1cccnc1. The summed E-state index contributed by atoms with van der Waals surface area (Å²) < 4.78 is 11.4. The summed E-state index contributed by atoms with van der Waals surface area (Å²) in [6.45, 7) is 0. The summed E-state index contributed by atoms with van der Waals surface area (Å²) >= 11 is 0. The lowest BCUT2D eigenvalue weighted by Gasteiger charge is -2.32. The van der Waals surface area contributed by atoms with Crippen LogP contribution in [0.4, 0.5) is 0 Å². The normalized spacial score (nSPS) is 18.5. The molecule has 0 spiro atoms. The summed E-state index contributed by atoms with van der Waals surface area (Å²) in [6, 6.07) is 19.4. The summed E-state index contributed by atoms with van der Waals surface area (Å²) in [5.41, 5.74) is 1.51. The van der Waals surface area contributed by atoms with Gasteiger partial charge in [-0.1, -0.05) is 42.5 Å². The molecule has 0 saturated carbocycles. The molecule has 5 heteroatoms. The number of ketones is 1. The van der Waals surface area contributed by atoms with Gasteiger partial charge in [0.2, 0.25) is 0 Å². The van der Waals surface area contributed by atoms with E-state index in [4.69, 9.17) is 9.47 Å². The van der Waals surface area contributed by atoms with Gasteiger partial charge in [-0.3, -0.25) is 9.78 Å². The van der Waals surface area contributed by atoms with Crippen LogP contribution in [0, 0.1) is 0 Å². The second-order valence-electron chi connectivity index (χ2n) is 5.88. The van der Waals surface area contributed by atoms with E-state index in [1.807, 2.05) is 30.3 Å². The van der Waals surface area contributed by atoms with Crippen molar-refractivity contribution in [3.8, 4) is 5.75 Å². The summed E-state index contributed by atoms with van der Waals surface area (Å²) in [6.07, 6.45) is 1.94. The van der Waals surface area contributed by atoms with Gasteiger partial charge in [-0.05, 0) is 29.8 Å². The van der Waals surface area contributed by atoms with E-state index in [2.05, 4.69) is 4.98 Å². The van der Waals surface area contributed by atoms with Gasteiger partial charge < -0.3 is 9.47 Å². The van der Waals surface area contributed by atoms with Crippen molar-refractivity contribution in [1.29, 1.82) is 0 Å². The van der Waals surface area contributed by atoms with Gasteiger partial charge in [-0.2, -0.15) is 0 Å². The van der Waals surface area contributed by atoms with E-state index in [-0.39, 0.29) is 5.78 Å². The molecule has 4 rings (SSSR count). The fourth-order valence-electron chi connectivity index (χ4n) is 2.98. The monoisotopic (exact) mass is 345 g/mol. The number of aromatic nitrogens is 1. The number of hydrogen-bond donors (Lipinski definition) is 0. The lowest BCUT2D eigenvalue weighted by molar-refractivity contribution is -0.0619. The third-order valence-corrected chi connectivity index (χ3v) is 4.23. The van der Waals surface area contributed by atoms with Crippen molar-refractivity contribution in [3.63, 3.8) is 0 Å². The number of fused-ring (bicyclic) bond motifs is 1. The molecular weight excluding hydrogens is 330 g/mol. The Morgan fingerprint density at radius 1 is 0.962 bits per heavy atom. The highest BCUT2D eigenvalue weighted by Gasteiger charge is 2.40. The van der Waals surface area contributed by atoms with Crippen LogP contribution in [0.1, 0.15) is 32.2 Å². The minimum atomic E-state index is -1.05. The Morgan fingerprint density at radius 3 is 2.50 bits per heavy atom. The first kappa shape index (κ1) is 16.0. The van der Waals surface area contributed by atoms with Gasteiger partial charge in [0.15, 0.2) is 5.78 Å². The molecule has 2 atom stereocenters. The molecule has 2 unspecified atom stereocenters. The van der Waals surface area contributed by atoms with Gasteiger partial charge in [0.05, 0.1) is 11.1 Å². The number of rotatable bonds is 3. The van der Waals surface area contributed by atoms with Crippen LogP contribution in [-0.4, -0.2) is 23.0 Å². The largest absolute Gasteiger partial charge is 0.453 e. The maximum absolute atomic E-state index is 13.1. The van der Waals surface area contributed by atoms with E-state index in [0.717, 1.165) is 5.56 Å². The molecule has 0 bridgehead atoms. The number of hydrogen-bond acceptors (Lipinski definition) is 5. The van der Waals surface area contributed by atoms with Crippen LogP contribution in [0.2, 0.25) is 0 Å². The average Bonchev–Trinajstić information content (AvgIpc) is 2.69. The van der Waals surface area contributed by atoms with Crippen molar-refractivity contribution < 1.29 is 19.1 Å². The molecule has 0 radical (unpaired) electrons. The summed E-state index contributed by atoms with van der Waals surface area (Å²) in [5, 5.41) is 0. The zero-order chi connectivity index (χ0) is 17.9. The second kappa shape index (κ2) is 6.80. The first-order chi connectivity index (χ1) is 12.7. The molecule has 0 aliphatic carbocycles. The van der Waals surface area contributed by atoms with Crippen molar-refractivity contribution in [1.82, 2.24) is 4.98 Å². The standard InChI is InChI=1S/C21H15NO4/c23-19-16-10-4-5-11-17(16)25-21(18(19)14-7-2-1-3-8-14)26-20(24)15-9-6-12-22-13-15/h1-13,18,21H. The molecule has 0 saturated heterocycles. The molecule has 2 aromatic carbocycles. The lowest BCUT2D eigenvalue weighted by Crippen LogP contribution is -2.39. The summed E-state index contributed by atoms with van der Waals surface area (Å²) in [7, 11) is 0. The van der Waals surface area contributed by atoms with Crippen molar-refractivity contribution in [2.24, 2.45) is 0 Å². The Balaban J connectivity index is 1.71. The van der Waals surface area contributed by atoms with Gasteiger partial charge in [-0.15, -0.1) is 0 Å². The summed E-state index contributed by atoms with van der Waals surface area (Å²) in [5.74, 6) is -1.04. The molecule has 2 heterocycles. The Labute approximate surface area is 150 Å². The number of carbonyl (C=O) groups is 2. The van der Waals surface area contributed by atoms with Crippen LogP contribution in [0.5, 0.6) is 5.75 Å². The van der Waals surface area contributed by atoms with Gasteiger partial charge in [0, 0.05) is 12.4 Å². The van der Waals surface area contributed by atoms with Crippen LogP contribution < -0.4 is 4.74 Å². The third kappa shape index (κ3) is 2.95. The average molecular weight is 345 g/mol. The topological polar surface area (TPSA) is 65.5 Å². The highest BCUT2D eigenvalue weighted by Crippen LogP contribution is 2.37. The van der Waals surface area contributed by atoms with E-state index in [1.54, 1.807) is 42.6 Å². The molecule has 1 aromatic heterocycles. The van der Waals surface area contributed by atoms with E-state index >= 15 is 0 Å². The molecule has 0 fully saturated rings. The molecule has 128 valence electrons. The third-order valence-electron chi connectivity index (χ3n) is 4.23. The molecular formula is C21H15NO4. The molecule has 3 aromatic rings. The Hall–Kier alpha value is -3.47. The van der Waals surface area contributed by atoms with Crippen LogP contribution >= 0.6 is 0 Å². The number of Topliss-reactive ketones (excluding diaryl/α,β-unsaturated/α-hetero) is 1. The lowest BCUT2D eigenvalue weighted by atomic mass is 9.87. The van der Waals surface area contributed by atoms with Gasteiger partial charge >= 0.3 is 5.97 Å². The van der Waals surface area contributed by atoms with Crippen molar-refractivity contribution in [3.05, 3.63) is 95.8 Å². The molecule has 0 N–H and O–H groups in total. The minimum Gasteiger partial charge on any atom is -0.453 e. The van der Waals surface area contributed by atoms with Crippen LogP contribution in [0.3, 0.4) is 0 Å². The number of nitrogens with zero attached hydrogens (tertiary/aromatic N) is 1. The zero-order valence-corrected chi connectivity index (χ0v) is 13.7. The number of ether oxygens (including phenoxy) is 2. The highest BCUT2D eigenvalue weighted by atomic mass is 16.7. The van der Waals surface area contributed by atoms with Gasteiger partial charge in [0.25, 0.3) is 6.29 Å². The Kier molecular flexibility index (Phi) is 4.19. The molecule has 26 heavy (non-hydrogen) atoms. The van der Waals surface area contributed by atoms with Crippen molar-refractivity contribution in [2.45, 2.75) is 12.2 Å². The van der Waals surface area contributed by atoms with Crippen LogP contribution in [0.15, 0.2) is 79.1 Å². The van der Waals surface area contributed by atoms with Crippen molar-refractivity contribution in [2.75, 3.05) is 0 Å². The van der Waals surface area contributed by atoms with E-state index in [0.29, 0.717) is 16.9 Å². The fraction of sp³-hybridized carbons (Fsp3) is 0.0952. The van der Waals surface area contributed by atoms with Crippen molar-refractivity contribution >= 4 is 11.8 Å². The smallest absolute Gasteiger partial charge is 0.342 e. The maximum atomic E-state index is 13.1. The maximum Gasteiger partial charge on any atom is 0.342 e. The number of para-hydroxylation sites is 1. The fourth-order valence-corrected chi connectivity index (χ4v) is 2.98. The minimum absolute atomic E-state index is 0.137. The second-order valence-corrected chi connectivity index (χ2v) is 5.88. The number of esters is 1. The molecule has 1 aliphatic heterocycles. The highest BCUT2D eigenvalue weighted by molar-refractivity contribution is 6.04. The van der Waals surface area contributed by atoms with Gasteiger partial charge in [-0.25, -0.2) is 4.79 Å². The predicted molar refractivity (Wildman–Crippen MR) is 94.0 cm³/mol. The molecule has 0 amide bonds. The number of benzene rings is 2. The Morgan fingerprint density at radius 2 is 1.73 bits per heavy atom. The first-order valence-corrected chi connectivity index (χ1v) is 8.20. The van der Waals surface area contributed by atoms with E-state index < -0.39 is 18.2 Å². The van der Waals surface area contributed by atoms with E-state index in [9.17, 15) is 9.59 Å². The van der Waals surface area contributed by atoms with Gasteiger partial charge in [0.1, 0.15) is 11.7 Å². The quantitative estimate of drug-likeness (QED) is 0.678. The van der Waals surface area contributed by atoms with Crippen LogP contribution in [0.25, 0.3) is 0 Å². The predicted octanol–water partition coefficient (Wildman–Crippen LogP) is 3.62. The zero-order valence-electron chi connectivity index (χ0n) is 13.7. The molecule has 5 nitrogen and oxygen atoms in total. The number of carbonyl (C=O) groups excluding carboxylic acids is 2. The summed E-state index contributed by atoms with van der Waals surface area (Å²) in [4.78, 5) is 29.4. The Bertz CT molecular complexity index is 940. The molecule has 1 aliphatic rings. The van der Waals surface area contributed by atoms with Crippen LogP contribution in [-0.2, 0) is 4.74 Å². The van der Waals surface area contributed by atoms with E-state index in [1.165, 1.54) is 6.20 Å². The first-order valence-electron chi connectivity index (χ1n) is 8.20.